The number of rotatable bonds is 13. The van der Waals surface area contributed by atoms with E-state index >= 15 is 0 Å². The van der Waals surface area contributed by atoms with Crippen molar-refractivity contribution in [1.82, 2.24) is 0 Å². The number of carboxylic acid groups (broad SMARTS) is 1. The molecule has 0 fully saturated rings. The van der Waals surface area contributed by atoms with Gasteiger partial charge < -0.3 is 14.6 Å². The Kier molecular flexibility index (Phi) is 14.9. The van der Waals surface area contributed by atoms with Crippen LogP contribution in [0, 0.1) is 0 Å². The first-order valence-corrected chi connectivity index (χ1v) is 9.14. The topological polar surface area (TPSA) is 66.4 Å². The molecule has 0 aliphatic carbocycles. The van der Waals surface area contributed by atoms with Gasteiger partial charge in [0.2, 0.25) is 0 Å². The van der Waals surface area contributed by atoms with Gasteiger partial charge in [-0.25, -0.2) is 4.79 Å². The Balaban J connectivity index is 0.00000576. The first-order chi connectivity index (χ1) is 11.7. The SMILES string of the molecule is CCCCCCCCCCCCOC(=O)c1ccccc1C(=O)[O-].[Na+]. The molecule has 0 radical (unpaired) electrons. The van der Waals surface area contributed by atoms with E-state index in [1.807, 2.05) is 0 Å². The predicted octanol–water partition coefficient (Wildman–Crippen LogP) is 1.13. The number of carbonyl (C=O) groups is 2. The van der Waals surface area contributed by atoms with E-state index in [1.54, 1.807) is 12.1 Å². The minimum absolute atomic E-state index is 0. The molecule has 5 heteroatoms. The summed E-state index contributed by atoms with van der Waals surface area (Å²) in [6.07, 6.45) is 12.1. The number of carbonyl (C=O) groups excluding carboxylic acids is 2. The third-order valence-electron chi connectivity index (χ3n) is 4.10. The standard InChI is InChI=1S/C20H30O4.Na/c1-2-3-4-5-6-7-8-9-10-13-16-24-20(23)18-15-12-11-14-17(18)19(21)22;/h11-12,14-15H,2-10,13,16H2,1H3,(H,21,22);/q;+1/p-1. The Hall–Kier alpha value is -0.840. The molecule has 0 heterocycles. The molecule has 0 amide bonds. The van der Waals surface area contributed by atoms with E-state index in [0.29, 0.717) is 6.61 Å². The molecule has 1 aromatic carbocycles. The fourth-order valence-corrected chi connectivity index (χ4v) is 2.67. The van der Waals surface area contributed by atoms with Crippen molar-refractivity contribution in [1.29, 1.82) is 0 Å². The van der Waals surface area contributed by atoms with Crippen LogP contribution < -0.4 is 34.7 Å². The number of carboxylic acids is 1. The van der Waals surface area contributed by atoms with Gasteiger partial charge in [-0.05, 0) is 12.5 Å². The van der Waals surface area contributed by atoms with Crippen LogP contribution in [0.4, 0.5) is 0 Å². The van der Waals surface area contributed by atoms with E-state index < -0.39 is 11.9 Å². The molecule has 0 atom stereocenters. The molecule has 0 N–H and O–H groups in total. The van der Waals surface area contributed by atoms with Crippen molar-refractivity contribution in [2.75, 3.05) is 6.61 Å². The van der Waals surface area contributed by atoms with Gasteiger partial charge in [-0.2, -0.15) is 0 Å². The number of unbranched alkanes of at least 4 members (excludes halogenated alkanes) is 9. The first kappa shape index (κ1) is 24.2. The predicted molar refractivity (Wildman–Crippen MR) is 92.9 cm³/mol. The first-order valence-electron chi connectivity index (χ1n) is 9.14. The van der Waals surface area contributed by atoms with Gasteiger partial charge in [0.15, 0.2) is 0 Å². The second-order valence-electron chi connectivity index (χ2n) is 6.15. The van der Waals surface area contributed by atoms with Gasteiger partial charge in [-0.3, -0.25) is 0 Å². The van der Waals surface area contributed by atoms with Crippen molar-refractivity contribution in [2.45, 2.75) is 71.1 Å². The molecule has 25 heavy (non-hydrogen) atoms. The second-order valence-corrected chi connectivity index (χ2v) is 6.15. The zero-order chi connectivity index (χ0) is 17.6. The molecule has 0 aliphatic heterocycles. The summed E-state index contributed by atoms with van der Waals surface area (Å²) >= 11 is 0. The Bertz CT molecular complexity index is 502. The largest absolute Gasteiger partial charge is 1.00 e. The Labute approximate surface area is 173 Å². The van der Waals surface area contributed by atoms with Crippen molar-refractivity contribution in [3.8, 4) is 0 Å². The summed E-state index contributed by atoms with van der Waals surface area (Å²) in [7, 11) is 0. The third kappa shape index (κ3) is 10.7. The summed E-state index contributed by atoms with van der Waals surface area (Å²) in [6.45, 7) is 2.56. The van der Waals surface area contributed by atoms with Crippen molar-refractivity contribution in [2.24, 2.45) is 0 Å². The molecule has 0 bridgehead atoms. The summed E-state index contributed by atoms with van der Waals surface area (Å²) in [4.78, 5) is 22.9. The molecule has 0 saturated carbocycles. The molecule has 0 aromatic heterocycles. The summed E-state index contributed by atoms with van der Waals surface area (Å²) in [5.41, 5.74) is -0.0600. The Morgan fingerprint density at radius 3 is 1.84 bits per heavy atom. The zero-order valence-electron chi connectivity index (χ0n) is 15.7. The monoisotopic (exact) mass is 356 g/mol. The van der Waals surface area contributed by atoms with E-state index in [4.69, 9.17) is 4.74 Å². The van der Waals surface area contributed by atoms with Gasteiger partial charge >= 0.3 is 35.5 Å². The maximum absolute atomic E-state index is 11.9. The van der Waals surface area contributed by atoms with Gasteiger partial charge in [0.1, 0.15) is 0 Å². The number of hydrogen-bond donors (Lipinski definition) is 0. The number of ether oxygens (including phenoxy) is 1. The van der Waals surface area contributed by atoms with Crippen LogP contribution in [-0.2, 0) is 4.74 Å². The van der Waals surface area contributed by atoms with E-state index in [9.17, 15) is 14.7 Å². The van der Waals surface area contributed by atoms with Crippen LogP contribution in [0.15, 0.2) is 24.3 Å². The molecule has 0 saturated heterocycles. The normalized spacial score (nSPS) is 10.1. The molecule has 1 rings (SSSR count). The van der Waals surface area contributed by atoms with Crippen molar-refractivity contribution < 1.29 is 49.0 Å². The molecule has 134 valence electrons. The van der Waals surface area contributed by atoms with Crippen LogP contribution in [-0.4, -0.2) is 18.5 Å². The van der Waals surface area contributed by atoms with Crippen LogP contribution in [0.3, 0.4) is 0 Å². The van der Waals surface area contributed by atoms with Gasteiger partial charge in [-0.15, -0.1) is 0 Å². The summed E-state index contributed by atoms with van der Waals surface area (Å²) in [5.74, 6) is -1.95. The Morgan fingerprint density at radius 1 is 0.840 bits per heavy atom. The molecule has 0 unspecified atom stereocenters. The number of aromatic carboxylic acids is 1. The van der Waals surface area contributed by atoms with Crippen LogP contribution >= 0.6 is 0 Å². The number of hydrogen-bond acceptors (Lipinski definition) is 4. The number of esters is 1. The fraction of sp³-hybridized carbons (Fsp3) is 0.600. The number of benzene rings is 1. The average molecular weight is 356 g/mol. The van der Waals surface area contributed by atoms with Crippen LogP contribution in [0.2, 0.25) is 0 Å². The molecular weight excluding hydrogens is 327 g/mol. The van der Waals surface area contributed by atoms with Crippen molar-refractivity contribution >= 4 is 11.9 Å². The minimum Gasteiger partial charge on any atom is -0.545 e. The van der Waals surface area contributed by atoms with Gasteiger partial charge in [0, 0.05) is 5.56 Å². The van der Waals surface area contributed by atoms with E-state index in [0.717, 1.165) is 19.3 Å². The molecule has 0 aliphatic rings. The van der Waals surface area contributed by atoms with Crippen LogP contribution in [0.1, 0.15) is 91.8 Å². The third-order valence-corrected chi connectivity index (χ3v) is 4.10. The zero-order valence-corrected chi connectivity index (χ0v) is 17.7. The van der Waals surface area contributed by atoms with E-state index in [1.165, 1.54) is 57.1 Å². The van der Waals surface area contributed by atoms with Gasteiger partial charge in [0.25, 0.3) is 0 Å². The van der Waals surface area contributed by atoms with Crippen molar-refractivity contribution in [3.05, 3.63) is 35.4 Å². The molecule has 1 aromatic rings. The van der Waals surface area contributed by atoms with Gasteiger partial charge in [0.05, 0.1) is 18.1 Å². The molecular formula is C20H29NaO4. The quantitative estimate of drug-likeness (QED) is 0.302. The van der Waals surface area contributed by atoms with E-state index in [-0.39, 0.29) is 40.7 Å². The maximum atomic E-state index is 11.9. The van der Waals surface area contributed by atoms with Crippen LogP contribution in [0.5, 0.6) is 0 Å². The summed E-state index contributed by atoms with van der Waals surface area (Å²) < 4.78 is 5.16. The maximum Gasteiger partial charge on any atom is 1.00 e. The van der Waals surface area contributed by atoms with Crippen LogP contribution in [0.25, 0.3) is 0 Å². The minimum atomic E-state index is -1.36. The fourth-order valence-electron chi connectivity index (χ4n) is 2.67. The molecule has 4 nitrogen and oxygen atoms in total. The van der Waals surface area contributed by atoms with Gasteiger partial charge in [-0.1, -0.05) is 82.9 Å². The Morgan fingerprint density at radius 2 is 1.32 bits per heavy atom. The second kappa shape index (κ2) is 15.4. The summed E-state index contributed by atoms with van der Waals surface area (Å²) in [6, 6.07) is 5.98. The van der Waals surface area contributed by atoms with E-state index in [2.05, 4.69) is 6.92 Å². The smallest absolute Gasteiger partial charge is 0.545 e. The molecule has 0 spiro atoms. The van der Waals surface area contributed by atoms with Crippen molar-refractivity contribution in [3.63, 3.8) is 0 Å². The summed E-state index contributed by atoms with van der Waals surface area (Å²) in [5, 5.41) is 11.0. The average Bonchev–Trinajstić information content (AvgIpc) is 2.59.